The quantitative estimate of drug-likeness (QED) is 0.358. The molecule has 7 heteroatoms. The van der Waals surface area contributed by atoms with Crippen molar-refractivity contribution in [3.05, 3.63) is 70.8 Å². The van der Waals surface area contributed by atoms with Gasteiger partial charge in [0.2, 0.25) is 5.91 Å². The Balaban J connectivity index is 1.71. The van der Waals surface area contributed by atoms with Crippen LogP contribution in [-0.2, 0) is 4.79 Å². The van der Waals surface area contributed by atoms with Crippen LogP contribution in [0.3, 0.4) is 0 Å². The fraction of sp³-hybridized carbons (Fsp3) is 0.150. The van der Waals surface area contributed by atoms with Gasteiger partial charge in [-0.3, -0.25) is 14.9 Å². The molecule has 1 N–H and O–H groups in total. The molecule has 0 saturated heterocycles. The predicted octanol–water partition coefficient (Wildman–Crippen LogP) is 4.88. The molecule has 0 bridgehead atoms. The van der Waals surface area contributed by atoms with Gasteiger partial charge in [-0.25, -0.2) is 0 Å². The molecule has 138 valence electrons. The first-order valence-corrected chi connectivity index (χ1v) is 9.38. The average molecular weight is 382 g/mol. The summed E-state index contributed by atoms with van der Waals surface area (Å²) < 4.78 is 5.28. The number of hydrogen-bond donors (Lipinski definition) is 1. The molecule has 0 heterocycles. The van der Waals surface area contributed by atoms with E-state index in [1.165, 1.54) is 23.9 Å². The number of amides is 1. The zero-order valence-corrected chi connectivity index (χ0v) is 15.5. The molecule has 3 rings (SSSR count). The van der Waals surface area contributed by atoms with Crippen LogP contribution in [0.25, 0.3) is 10.8 Å². The van der Waals surface area contributed by atoms with Gasteiger partial charge >= 0.3 is 0 Å². The first-order valence-electron chi connectivity index (χ1n) is 8.40. The molecule has 3 aromatic carbocycles. The van der Waals surface area contributed by atoms with Crippen LogP contribution in [0.15, 0.2) is 65.6 Å². The van der Waals surface area contributed by atoms with Gasteiger partial charge in [0.25, 0.3) is 5.69 Å². The van der Waals surface area contributed by atoms with Crippen LogP contribution in [0.1, 0.15) is 6.92 Å². The molecule has 6 nitrogen and oxygen atoms in total. The minimum atomic E-state index is -0.532. The van der Waals surface area contributed by atoms with Crippen LogP contribution in [0.2, 0.25) is 0 Å². The molecule has 0 aromatic heterocycles. The number of carbonyl (C=O) groups is 1. The smallest absolute Gasteiger partial charge is 0.296 e. The van der Waals surface area contributed by atoms with Crippen LogP contribution < -0.4 is 10.1 Å². The molecular weight excluding hydrogens is 364 g/mol. The number of thioether (sulfide) groups is 1. The molecule has 1 amide bonds. The number of nitrogens with one attached hydrogen (secondary N) is 1. The highest BCUT2D eigenvalue weighted by Crippen LogP contribution is 2.31. The van der Waals surface area contributed by atoms with E-state index in [1.807, 2.05) is 42.5 Å². The van der Waals surface area contributed by atoms with Gasteiger partial charge in [-0.2, -0.15) is 0 Å². The number of hydrogen-bond acceptors (Lipinski definition) is 5. The van der Waals surface area contributed by atoms with E-state index >= 15 is 0 Å². The molecule has 0 saturated carbocycles. The fourth-order valence-corrected chi connectivity index (χ4v) is 3.55. The molecular formula is C20H18N2O4S. The number of anilines is 1. The van der Waals surface area contributed by atoms with Crippen molar-refractivity contribution in [2.75, 3.05) is 17.7 Å². The first-order chi connectivity index (χ1) is 13.1. The van der Waals surface area contributed by atoms with Crippen molar-refractivity contribution < 1.29 is 14.5 Å². The van der Waals surface area contributed by atoms with Crippen molar-refractivity contribution in [1.29, 1.82) is 0 Å². The summed E-state index contributed by atoms with van der Waals surface area (Å²) in [6.45, 7) is 2.20. The summed E-state index contributed by atoms with van der Waals surface area (Å²) in [6.07, 6.45) is 0. The fourth-order valence-electron chi connectivity index (χ4n) is 2.68. The minimum absolute atomic E-state index is 0.151. The van der Waals surface area contributed by atoms with Gasteiger partial charge in [-0.05, 0) is 35.9 Å². The van der Waals surface area contributed by atoms with E-state index in [1.54, 1.807) is 13.0 Å². The molecule has 27 heavy (non-hydrogen) atoms. The second-order valence-corrected chi connectivity index (χ2v) is 6.70. The van der Waals surface area contributed by atoms with Crippen molar-refractivity contribution in [3.63, 3.8) is 0 Å². The number of nitro benzene ring substituents is 1. The summed E-state index contributed by atoms with van der Waals surface area (Å²) in [6, 6.07) is 18.3. The van der Waals surface area contributed by atoms with Gasteiger partial charge in [0.1, 0.15) is 11.4 Å². The molecule has 0 spiro atoms. The lowest BCUT2D eigenvalue weighted by atomic mass is 10.1. The van der Waals surface area contributed by atoms with Crippen molar-refractivity contribution in [1.82, 2.24) is 0 Å². The van der Waals surface area contributed by atoms with E-state index in [9.17, 15) is 14.9 Å². The van der Waals surface area contributed by atoms with E-state index in [0.717, 1.165) is 15.7 Å². The highest BCUT2D eigenvalue weighted by Gasteiger charge is 2.17. The van der Waals surface area contributed by atoms with E-state index < -0.39 is 4.92 Å². The SMILES string of the molecule is CCOc1ccc(NC(=O)CSc2cccc3ccccc23)c([N+](=O)[O-])c1. The summed E-state index contributed by atoms with van der Waals surface area (Å²) >= 11 is 1.40. The van der Waals surface area contributed by atoms with Crippen LogP contribution >= 0.6 is 11.8 Å². The predicted molar refractivity (Wildman–Crippen MR) is 108 cm³/mol. The Morgan fingerprint density at radius 2 is 1.93 bits per heavy atom. The number of fused-ring (bicyclic) bond motifs is 1. The maximum absolute atomic E-state index is 12.3. The van der Waals surface area contributed by atoms with E-state index in [4.69, 9.17) is 4.74 Å². The Morgan fingerprint density at radius 1 is 1.15 bits per heavy atom. The van der Waals surface area contributed by atoms with Gasteiger partial charge in [0, 0.05) is 4.90 Å². The number of ether oxygens (including phenoxy) is 1. The van der Waals surface area contributed by atoms with E-state index in [0.29, 0.717) is 12.4 Å². The maximum atomic E-state index is 12.3. The summed E-state index contributed by atoms with van der Waals surface area (Å²) in [5.74, 6) is 0.241. The van der Waals surface area contributed by atoms with Crippen LogP contribution in [0, 0.1) is 10.1 Å². The zero-order chi connectivity index (χ0) is 19.2. The van der Waals surface area contributed by atoms with Gasteiger partial charge in [-0.1, -0.05) is 36.4 Å². The Hall–Kier alpha value is -3.06. The Bertz CT molecular complexity index is 985. The van der Waals surface area contributed by atoms with Crippen LogP contribution in [-0.4, -0.2) is 23.2 Å². The highest BCUT2D eigenvalue weighted by atomic mass is 32.2. The molecule has 0 fully saturated rings. The molecule has 0 atom stereocenters. The molecule has 0 radical (unpaired) electrons. The summed E-state index contributed by atoms with van der Waals surface area (Å²) in [7, 11) is 0. The normalized spacial score (nSPS) is 10.6. The lowest BCUT2D eigenvalue weighted by Gasteiger charge is -2.09. The number of carbonyl (C=O) groups excluding carboxylic acids is 1. The molecule has 0 unspecified atom stereocenters. The standard InChI is InChI=1S/C20H18N2O4S/c1-2-26-15-10-11-17(18(12-15)22(24)25)21-20(23)13-27-19-9-5-7-14-6-3-4-8-16(14)19/h3-12H,2,13H2,1H3,(H,21,23). The lowest BCUT2D eigenvalue weighted by molar-refractivity contribution is -0.384. The maximum Gasteiger partial charge on any atom is 0.296 e. The zero-order valence-electron chi connectivity index (χ0n) is 14.7. The van der Waals surface area contributed by atoms with Crippen LogP contribution in [0.4, 0.5) is 11.4 Å². The van der Waals surface area contributed by atoms with Crippen molar-refractivity contribution in [2.45, 2.75) is 11.8 Å². The Morgan fingerprint density at radius 3 is 2.70 bits per heavy atom. The molecule has 3 aromatic rings. The first kappa shape index (κ1) is 18.7. The monoisotopic (exact) mass is 382 g/mol. The van der Waals surface area contributed by atoms with E-state index in [-0.39, 0.29) is 23.0 Å². The number of rotatable bonds is 7. The largest absolute Gasteiger partial charge is 0.494 e. The van der Waals surface area contributed by atoms with Crippen molar-refractivity contribution in [3.8, 4) is 5.75 Å². The van der Waals surface area contributed by atoms with Gasteiger partial charge in [0.15, 0.2) is 0 Å². The topological polar surface area (TPSA) is 81.5 Å². The average Bonchev–Trinajstić information content (AvgIpc) is 2.67. The molecule has 0 aliphatic carbocycles. The number of nitrogens with zero attached hydrogens (tertiary/aromatic N) is 1. The summed E-state index contributed by atoms with van der Waals surface area (Å²) in [5.41, 5.74) is -0.0311. The van der Waals surface area contributed by atoms with Gasteiger partial charge < -0.3 is 10.1 Å². The Kier molecular flexibility index (Phi) is 5.93. The third-order valence-electron chi connectivity index (χ3n) is 3.86. The number of benzene rings is 3. The third kappa shape index (κ3) is 4.57. The minimum Gasteiger partial charge on any atom is -0.494 e. The second-order valence-electron chi connectivity index (χ2n) is 5.68. The lowest BCUT2D eigenvalue weighted by Crippen LogP contribution is -2.15. The number of nitro groups is 1. The Labute approximate surface area is 160 Å². The molecule has 0 aliphatic rings. The van der Waals surface area contributed by atoms with Crippen LogP contribution in [0.5, 0.6) is 5.75 Å². The summed E-state index contributed by atoms with van der Waals surface area (Å²) in [5, 5.41) is 16.1. The van der Waals surface area contributed by atoms with Crippen molar-refractivity contribution in [2.24, 2.45) is 0 Å². The van der Waals surface area contributed by atoms with Crippen molar-refractivity contribution >= 4 is 39.8 Å². The third-order valence-corrected chi connectivity index (χ3v) is 4.93. The van der Waals surface area contributed by atoms with Gasteiger partial charge in [-0.15, -0.1) is 11.8 Å². The summed E-state index contributed by atoms with van der Waals surface area (Å²) in [4.78, 5) is 24.1. The van der Waals surface area contributed by atoms with E-state index in [2.05, 4.69) is 5.32 Å². The van der Waals surface area contributed by atoms with Gasteiger partial charge in [0.05, 0.1) is 23.3 Å². The second kappa shape index (κ2) is 8.55. The molecule has 0 aliphatic heterocycles. The highest BCUT2D eigenvalue weighted by molar-refractivity contribution is 8.00.